The van der Waals surface area contributed by atoms with Gasteiger partial charge in [0.15, 0.2) is 0 Å². The molecule has 0 radical (unpaired) electrons. The summed E-state index contributed by atoms with van der Waals surface area (Å²) in [5, 5.41) is 11.6. The first-order chi connectivity index (χ1) is 9.25. The SMILES string of the molecule is CCC(N)(CC)C(=O)Nc1c(Cl)cc(C(=O)O)cc1Cl. The Labute approximate surface area is 127 Å². The molecule has 0 heterocycles. The minimum Gasteiger partial charge on any atom is -0.478 e. The summed E-state index contributed by atoms with van der Waals surface area (Å²) < 4.78 is 0. The molecule has 0 aliphatic heterocycles. The Balaban J connectivity index is 3.11. The molecule has 1 aromatic carbocycles. The highest BCUT2D eigenvalue weighted by atomic mass is 35.5. The molecule has 0 spiro atoms. The molecule has 5 nitrogen and oxygen atoms in total. The van der Waals surface area contributed by atoms with Gasteiger partial charge in [-0.1, -0.05) is 37.0 Å². The van der Waals surface area contributed by atoms with Gasteiger partial charge in [0, 0.05) is 0 Å². The van der Waals surface area contributed by atoms with Crippen molar-refractivity contribution in [1.82, 2.24) is 0 Å². The van der Waals surface area contributed by atoms with E-state index in [1.807, 2.05) is 0 Å². The quantitative estimate of drug-likeness (QED) is 0.777. The Kier molecular flexibility index (Phi) is 5.39. The maximum Gasteiger partial charge on any atom is 0.335 e. The van der Waals surface area contributed by atoms with Crippen molar-refractivity contribution < 1.29 is 14.7 Å². The van der Waals surface area contributed by atoms with Gasteiger partial charge in [0.05, 0.1) is 26.8 Å². The monoisotopic (exact) mass is 318 g/mol. The van der Waals surface area contributed by atoms with E-state index in [2.05, 4.69) is 5.32 Å². The number of rotatable bonds is 5. The average Bonchev–Trinajstić information content (AvgIpc) is 2.41. The predicted molar refractivity (Wildman–Crippen MR) is 79.6 cm³/mol. The fourth-order valence-corrected chi connectivity index (χ4v) is 2.21. The van der Waals surface area contributed by atoms with E-state index in [1.54, 1.807) is 13.8 Å². The number of nitrogens with one attached hydrogen (secondary N) is 1. The summed E-state index contributed by atoms with van der Waals surface area (Å²) in [6.45, 7) is 3.61. The fraction of sp³-hybridized carbons (Fsp3) is 0.385. The van der Waals surface area contributed by atoms with Crippen LogP contribution in [-0.2, 0) is 4.79 Å². The topological polar surface area (TPSA) is 92.4 Å². The Morgan fingerprint density at radius 3 is 2.05 bits per heavy atom. The second-order valence-electron chi connectivity index (χ2n) is 4.44. The van der Waals surface area contributed by atoms with Crippen LogP contribution >= 0.6 is 23.2 Å². The second kappa shape index (κ2) is 6.43. The molecule has 0 unspecified atom stereocenters. The lowest BCUT2D eigenvalue weighted by atomic mass is 9.93. The molecule has 20 heavy (non-hydrogen) atoms. The third kappa shape index (κ3) is 3.42. The fourth-order valence-electron chi connectivity index (χ4n) is 1.63. The van der Waals surface area contributed by atoms with Gasteiger partial charge in [-0.2, -0.15) is 0 Å². The molecule has 0 aliphatic rings. The number of hydrogen-bond donors (Lipinski definition) is 3. The molecule has 0 aromatic heterocycles. The van der Waals surface area contributed by atoms with Gasteiger partial charge < -0.3 is 16.2 Å². The number of aromatic carboxylic acids is 1. The van der Waals surface area contributed by atoms with Crippen LogP contribution in [0, 0.1) is 0 Å². The molecule has 0 saturated carbocycles. The Morgan fingerprint density at radius 2 is 1.70 bits per heavy atom. The van der Waals surface area contributed by atoms with Gasteiger partial charge >= 0.3 is 5.97 Å². The number of benzene rings is 1. The van der Waals surface area contributed by atoms with Crippen LogP contribution in [0.5, 0.6) is 0 Å². The molecule has 0 fully saturated rings. The van der Waals surface area contributed by atoms with Crippen LogP contribution in [0.15, 0.2) is 12.1 Å². The van der Waals surface area contributed by atoms with Crippen LogP contribution in [0.1, 0.15) is 37.0 Å². The third-order valence-corrected chi connectivity index (χ3v) is 3.84. The van der Waals surface area contributed by atoms with Crippen molar-refractivity contribution in [2.75, 3.05) is 5.32 Å². The first-order valence-electron chi connectivity index (χ1n) is 6.07. The number of anilines is 1. The number of nitrogens with two attached hydrogens (primary N) is 1. The average molecular weight is 319 g/mol. The highest BCUT2D eigenvalue weighted by molar-refractivity contribution is 6.40. The van der Waals surface area contributed by atoms with Gasteiger partial charge in [-0.15, -0.1) is 0 Å². The Hall–Kier alpha value is -1.30. The molecule has 7 heteroatoms. The van der Waals surface area contributed by atoms with E-state index in [-0.39, 0.29) is 21.3 Å². The first kappa shape index (κ1) is 16.8. The van der Waals surface area contributed by atoms with E-state index in [9.17, 15) is 9.59 Å². The largest absolute Gasteiger partial charge is 0.478 e. The van der Waals surface area contributed by atoms with E-state index in [0.29, 0.717) is 12.8 Å². The summed E-state index contributed by atoms with van der Waals surface area (Å²) in [6, 6.07) is 2.45. The first-order valence-corrected chi connectivity index (χ1v) is 6.83. The number of amides is 1. The highest BCUT2D eigenvalue weighted by Crippen LogP contribution is 2.32. The van der Waals surface area contributed by atoms with Crippen LogP contribution in [0.25, 0.3) is 0 Å². The van der Waals surface area contributed by atoms with Crippen molar-refractivity contribution in [1.29, 1.82) is 0 Å². The zero-order valence-corrected chi connectivity index (χ0v) is 12.7. The van der Waals surface area contributed by atoms with Gasteiger partial charge in [-0.3, -0.25) is 4.79 Å². The molecule has 1 rings (SSSR count). The molecule has 4 N–H and O–H groups in total. The van der Waals surface area contributed by atoms with E-state index >= 15 is 0 Å². The number of carboxylic acids is 1. The minimum absolute atomic E-state index is 0.0528. The van der Waals surface area contributed by atoms with Crippen LogP contribution in [0.2, 0.25) is 10.0 Å². The van der Waals surface area contributed by atoms with Crippen molar-refractivity contribution in [3.8, 4) is 0 Å². The minimum atomic E-state index is -1.15. The van der Waals surface area contributed by atoms with Crippen molar-refractivity contribution in [2.24, 2.45) is 5.73 Å². The molecule has 0 atom stereocenters. The second-order valence-corrected chi connectivity index (χ2v) is 5.25. The van der Waals surface area contributed by atoms with Crippen molar-refractivity contribution in [3.05, 3.63) is 27.7 Å². The van der Waals surface area contributed by atoms with Gasteiger partial charge in [0.1, 0.15) is 0 Å². The van der Waals surface area contributed by atoms with Gasteiger partial charge in [0.25, 0.3) is 0 Å². The lowest BCUT2D eigenvalue weighted by Crippen LogP contribution is -2.50. The van der Waals surface area contributed by atoms with Crippen LogP contribution < -0.4 is 11.1 Å². The number of hydrogen-bond acceptors (Lipinski definition) is 3. The Morgan fingerprint density at radius 1 is 1.25 bits per heavy atom. The predicted octanol–water partition coefficient (Wildman–Crippen LogP) is 3.15. The van der Waals surface area contributed by atoms with Crippen molar-refractivity contribution in [3.63, 3.8) is 0 Å². The van der Waals surface area contributed by atoms with Crippen LogP contribution in [0.4, 0.5) is 5.69 Å². The molecular weight excluding hydrogens is 303 g/mol. The number of carbonyl (C=O) groups is 2. The highest BCUT2D eigenvalue weighted by Gasteiger charge is 2.30. The summed E-state index contributed by atoms with van der Waals surface area (Å²) in [5.41, 5.74) is 5.07. The summed E-state index contributed by atoms with van der Waals surface area (Å²) in [5.74, 6) is -1.56. The van der Waals surface area contributed by atoms with Crippen molar-refractivity contribution >= 4 is 40.8 Å². The molecule has 1 amide bonds. The van der Waals surface area contributed by atoms with Crippen LogP contribution in [-0.4, -0.2) is 22.5 Å². The van der Waals surface area contributed by atoms with Crippen LogP contribution in [0.3, 0.4) is 0 Å². The summed E-state index contributed by atoms with van der Waals surface area (Å²) in [4.78, 5) is 23.0. The maximum atomic E-state index is 12.2. The van der Waals surface area contributed by atoms with E-state index in [0.717, 1.165) is 0 Å². The molecule has 0 bridgehead atoms. The molecular formula is C13H16Cl2N2O3. The summed E-state index contributed by atoms with van der Waals surface area (Å²) in [7, 11) is 0. The number of carbonyl (C=O) groups excluding carboxylic acids is 1. The third-order valence-electron chi connectivity index (χ3n) is 3.24. The van der Waals surface area contributed by atoms with E-state index < -0.39 is 17.4 Å². The lowest BCUT2D eigenvalue weighted by molar-refractivity contribution is -0.121. The number of halogens is 2. The van der Waals surface area contributed by atoms with E-state index in [1.165, 1.54) is 12.1 Å². The molecule has 0 saturated heterocycles. The lowest BCUT2D eigenvalue weighted by Gasteiger charge is -2.25. The van der Waals surface area contributed by atoms with E-state index in [4.69, 9.17) is 34.0 Å². The zero-order valence-electron chi connectivity index (χ0n) is 11.2. The molecule has 1 aromatic rings. The standard InChI is InChI=1S/C13H16Cl2N2O3/c1-3-13(16,4-2)12(20)17-10-8(14)5-7(11(18)19)6-9(10)15/h5-6H,3-4,16H2,1-2H3,(H,17,20)(H,18,19). The zero-order chi connectivity index (χ0) is 15.5. The smallest absolute Gasteiger partial charge is 0.335 e. The Bertz CT molecular complexity index is 519. The van der Waals surface area contributed by atoms with Gasteiger partial charge in [-0.05, 0) is 25.0 Å². The number of carboxylic acid groups (broad SMARTS) is 1. The van der Waals surface area contributed by atoms with Gasteiger partial charge in [0.2, 0.25) is 5.91 Å². The summed E-state index contributed by atoms with van der Waals surface area (Å²) >= 11 is 11.9. The molecule has 0 aliphatic carbocycles. The summed E-state index contributed by atoms with van der Waals surface area (Å²) in [6.07, 6.45) is 0.912. The van der Waals surface area contributed by atoms with Crippen molar-refractivity contribution in [2.45, 2.75) is 32.2 Å². The van der Waals surface area contributed by atoms with Gasteiger partial charge in [-0.25, -0.2) is 4.79 Å². The normalized spacial score (nSPS) is 11.2. The maximum absolute atomic E-state index is 12.2. The molecule has 110 valence electrons.